The van der Waals surface area contributed by atoms with Gasteiger partial charge in [0.2, 0.25) is 0 Å². The molecule has 0 aromatic carbocycles. The predicted octanol–water partition coefficient (Wildman–Crippen LogP) is 3.71. The molecule has 0 spiro atoms. The maximum Gasteiger partial charge on any atom is 0.456 e. The van der Waals surface area contributed by atoms with Crippen LogP contribution in [0.3, 0.4) is 0 Å². The number of ether oxygens (including phenoxy) is 1. The van der Waals surface area contributed by atoms with Gasteiger partial charge in [-0.2, -0.15) is 0 Å². The van der Waals surface area contributed by atoms with Crippen molar-refractivity contribution in [3.8, 4) is 0 Å². The Morgan fingerprint density at radius 2 is 1.69 bits per heavy atom. The number of hydrogen-bond acceptors (Lipinski definition) is 3. The molecule has 0 bridgehead atoms. The first-order valence-electron chi connectivity index (χ1n) is 5.31. The Bertz CT molecular complexity index is 245. The molecule has 0 unspecified atom stereocenters. The highest BCUT2D eigenvalue weighted by Gasteiger charge is 2.35. The minimum Gasteiger partial charge on any atom is -0.517 e. The number of hydrogen-bond donors (Lipinski definition) is 0. The van der Waals surface area contributed by atoms with Crippen LogP contribution in [0.5, 0.6) is 0 Å². The summed E-state index contributed by atoms with van der Waals surface area (Å²) in [5, 5.41) is 0. The molecule has 0 radical (unpaired) electrons. The van der Waals surface area contributed by atoms with Gasteiger partial charge in [-0.3, -0.25) is 0 Å². The summed E-state index contributed by atoms with van der Waals surface area (Å²) in [6.07, 6.45) is 2.31. The highest BCUT2D eigenvalue weighted by Crippen LogP contribution is 2.21. The molecular formula is C12H22O3Si. The molecule has 0 aliphatic heterocycles. The second kappa shape index (κ2) is 7.17. The lowest BCUT2D eigenvalue weighted by Gasteiger charge is -2.28. The van der Waals surface area contributed by atoms with Crippen molar-refractivity contribution in [2.24, 2.45) is 0 Å². The average molecular weight is 242 g/mol. The quantitative estimate of drug-likeness (QED) is 0.350. The Kier molecular flexibility index (Phi) is 6.65. The Hall–Kier alpha value is -1.16. The third-order valence-electron chi connectivity index (χ3n) is 1.79. The standard InChI is InChI=1S/C12H22O3Si/c1-7-13-9-8-10-16(6,14-11(2)3)15-12(4)5/h7H,1-2,4,8-10H2,3,5-6H3. The smallest absolute Gasteiger partial charge is 0.456 e. The second-order valence-electron chi connectivity index (χ2n) is 3.88. The van der Waals surface area contributed by atoms with E-state index >= 15 is 0 Å². The second-order valence-corrected chi connectivity index (χ2v) is 7.06. The van der Waals surface area contributed by atoms with Crippen LogP contribution in [0.4, 0.5) is 0 Å². The van der Waals surface area contributed by atoms with Crippen LogP contribution in [0.1, 0.15) is 20.3 Å². The van der Waals surface area contributed by atoms with E-state index in [2.05, 4.69) is 19.7 Å². The molecule has 0 amide bonds. The fraction of sp³-hybridized carbons (Fsp3) is 0.500. The van der Waals surface area contributed by atoms with Gasteiger partial charge in [-0.25, -0.2) is 0 Å². The zero-order chi connectivity index (χ0) is 12.6. The summed E-state index contributed by atoms with van der Waals surface area (Å²) < 4.78 is 16.5. The largest absolute Gasteiger partial charge is 0.517 e. The lowest BCUT2D eigenvalue weighted by molar-refractivity contribution is 0.234. The molecule has 92 valence electrons. The van der Waals surface area contributed by atoms with E-state index in [-0.39, 0.29) is 0 Å². The van der Waals surface area contributed by atoms with E-state index in [1.54, 1.807) is 0 Å². The van der Waals surface area contributed by atoms with Crippen molar-refractivity contribution in [2.45, 2.75) is 32.9 Å². The molecule has 0 saturated heterocycles. The first-order chi connectivity index (χ1) is 7.39. The minimum atomic E-state index is -2.24. The SMILES string of the molecule is C=COCCC[Si](C)(OC(=C)C)OC(=C)C. The van der Waals surface area contributed by atoms with Crippen LogP contribution in [0, 0.1) is 0 Å². The van der Waals surface area contributed by atoms with Crippen LogP contribution in [0.2, 0.25) is 12.6 Å². The summed E-state index contributed by atoms with van der Waals surface area (Å²) in [5.41, 5.74) is 0. The highest BCUT2D eigenvalue weighted by atomic mass is 28.4. The van der Waals surface area contributed by atoms with Crippen molar-refractivity contribution < 1.29 is 13.6 Å². The van der Waals surface area contributed by atoms with E-state index in [9.17, 15) is 0 Å². The number of rotatable bonds is 9. The van der Waals surface area contributed by atoms with E-state index in [1.807, 2.05) is 20.4 Å². The van der Waals surface area contributed by atoms with Crippen molar-refractivity contribution in [2.75, 3.05) is 6.61 Å². The summed E-state index contributed by atoms with van der Waals surface area (Å²) in [7, 11) is -2.24. The Balaban J connectivity index is 4.23. The van der Waals surface area contributed by atoms with Gasteiger partial charge in [0.15, 0.2) is 0 Å². The molecule has 3 nitrogen and oxygen atoms in total. The lowest BCUT2D eigenvalue weighted by Crippen LogP contribution is -2.37. The molecule has 0 aliphatic carbocycles. The molecule has 4 heteroatoms. The van der Waals surface area contributed by atoms with Crippen molar-refractivity contribution in [1.29, 1.82) is 0 Å². The van der Waals surface area contributed by atoms with E-state index in [1.165, 1.54) is 6.26 Å². The molecule has 0 saturated carbocycles. The summed E-state index contributed by atoms with van der Waals surface area (Å²) in [4.78, 5) is 0. The van der Waals surface area contributed by atoms with Gasteiger partial charge in [-0.05, 0) is 20.3 Å². The van der Waals surface area contributed by atoms with Gasteiger partial charge >= 0.3 is 8.56 Å². The third-order valence-corrected chi connectivity index (χ3v) is 4.61. The Labute approximate surface area is 99.7 Å². The molecular weight excluding hydrogens is 220 g/mol. The van der Waals surface area contributed by atoms with Gasteiger partial charge in [-0.1, -0.05) is 19.7 Å². The first kappa shape index (κ1) is 14.8. The number of allylic oxidation sites excluding steroid dienone is 2. The van der Waals surface area contributed by atoms with Crippen molar-refractivity contribution in [3.63, 3.8) is 0 Å². The van der Waals surface area contributed by atoms with Gasteiger partial charge < -0.3 is 13.6 Å². The van der Waals surface area contributed by atoms with Crippen LogP contribution in [-0.2, 0) is 13.6 Å². The van der Waals surface area contributed by atoms with Gasteiger partial charge in [0.1, 0.15) is 0 Å². The molecule has 0 heterocycles. The molecule has 0 fully saturated rings. The average Bonchev–Trinajstić information content (AvgIpc) is 2.09. The third kappa shape index (κ3) is 7.17. The molecule has 16 heavy (non-hydrogen) atoms. The normalized spacial score (nSPS) is 10.4. The van der Waals surface area contributed by atoms with Gasteiger partial charge in [0.05, 0.1) is 24.4 Å². The van der Waals surface area contributed by atoms with Crippen molar-refractivity contribution in [1.82, 2.24) is 0 Å². The predicted molar refractivity (Wildman–Crippen MR) is 69.0 cm³/mol. The van der Waals surface area contributed by atoms with Gasteiger partial charge in [-0.15, -0.1) is 0 Å². The summed E-state index contributed by atoms with van der Waals surface area (Å²) in [6.45, 7) is 17.3. The van der Waals surface area contributed by atoms with Crippen LogP contribution in [-0.4, -0.2) is 15.2 Å². The minimum absolute atomic E-state index is 0.630. The topological polar surface area (TPSA) is 27.7 Å². The van der Waals surface area contributed by atoms with Gasteiger partial charge in [0, 0.05) is 12.6 Å². The fourth-order valence-electron chi connectivity index (χ4n) is 1.42. The zero-order valence-electron chi connectivity index (χ0n) is 10.5. The summed E-state index contributed by atoms with van der Waals surface area (Å²) >= 11 is 0. The molecule has 0 aromatic heterocycles. The lowest BCUT2D eigenvalue weighted by atomic mass is 10.5. The molecule has 0 aromatic rings. The maximum absolute atomic E-state index is 5.71. The summed E-state index contributed by atoms with van der Waals surface area (Å²) in [5.74, 6) is 1.36. The maximum atomic E-state index is 5.71. The highest BCUT2D eigenvalue weighted by molar-refractivity contribution is 6.66. The van der Waals surface area contributed by atoms with Crippen LogP contribution in [0.15, 0.2) is 37.5 Å². The molecule has 0 atom stereocenters. The van der Waals surface area contributed by atoms with Crippen molar-refractivity contribution in [3.05, 3.63) is 37.5 Å². The fourth-order valence-corrected chi connectivity index (χ4v) is 3.93. The monoisotopic (exact) mass is 242 g/mol. The van der Waals surface area contributed by atoms with Crippen LogP contribution in [0.25, 0.3) is 0 Å². The zero-order valence-corrected chi connectivity index (χ0v) is 11.5. The first-order valence-corrected chi connectivity index (χ1v) is 7.83. The Morgan fingerprint density at radius 3 is 2.06 bits per heavy atom. The van der Waals surface area contributed by atoms with Crippen molar-refractivity contribution >= 4 is 8.56 Å². The van der Waals surface area contributed by atoms with E-state index < -0.39 is 8.56 Å². The molecule has 0 rings (SSSR count). The molecule has 0 aliphatic rings. The van der Waals surface area contributed by atoms with Crippen LogP contribution < -0.4 is 0 Å². The summed E-state index contributed by atoms with van der Waals surface area (Å²) in [6, 6.07) is 0.834. The van der Waals surface area contributed by atoms with Crippen LogP contribution >= 0.6 is 0 Å². The van der Waals surface area contributed by atoms with E-state index in [4.69, 9.17) is 13.6 Å². The Morgan fingerprint density at radius 1 is 1.19 bits per heavy atom. The van der Waals surface area contributed by atoms with Gasteiger partial charge in [0.25, 0.3) is 0 Å². The van der Waals surface area contributed by atoms with E-state index in [0.29, 0.717) is 18.1 Å². The molecule has 0 N–H and O–H groups in total. The van der Waals surface area contributed by atoms with E-state index in [0.717, 1.165) is 12.5 Å².